The molecule has 0 aliphatic rings. The van der Waals surface area contributed by atoms with Gasteiger partial charge in [0, 0.05) is 5.69 Å². The number of nitrogens with two attached hydrogens (primary N) is 1. The van der Waals surface area contributed by atoms with Crippen molar-refractivity contribution in [2.24, 2.45) is 5.73 Å². The number of aliphatic hydroxyl groups is 1. The van der Waals surface area contributed by atoms with E-state index < -0.39 is 18.1 Å². The molecule has 3 aromatic carbocycles. The molecule has 0 spiro atoms. The molecule has 0 bridgehead atoms. The zero-order valence-electron chi connectivity index (χ0n) is 17.9. The van der Waals surface area contributed by atoms with Gasteiger partial charge in [-0.05, 0) is 67.1 Å². The maximum atomic E-state index is 12.0. The van der Waals surface area contributed by atoms with Crippen LogP contribution in [-0.2, 0) is 11.2 Å². The van der Waals surface area contributed by atoms with Crippen molar-refractivity contribution in [3.63, 3.8) is 0 Å². The van der Waals surface area contributed by atoms with Gasteiger partial charge in [0.2, 0.25) is 5.91 Å². The molecule has 0 aliphatic heterocycles. The van der Waals surface area contributed by atoms with Crippen LogP contribution in [0.2, 0.25) is 0 Å². The summed E-state index contributed by atoms with van der Waals surface area (Å²) in [6.07, 6.45) is 3.03. The lowest BCUT2D eigenvalue weighted by molar-refractivity contribution is -0.121. The predicted octanol–water partition coefficient (Wildman–Crippen LogP) is 4.40. The zero-order chi connectivity index (χ0) is 22.1. The number of hydrogen-bond donors (Lipinski definition) is 3. The molecule has 1 atom stereocenters. The Labute approximate surface area is 183 Å². The van der Waals surface area contributed by atoms with Crippen molar-refractivity contribution >= 4 is 11.6 Å². The summed E-state index contributed by atoms with van der Waals surface area (Å²) >= 11 is 0. The van der Waals surface area contributed by atoms with Crippen molar-refractivity contribution in [1.29, 1.82) is 0 Å². The average molecular weight is 419 g/mol. The topological polar surface area (TPSA) is 84.6 Å². The predicted molar refractivity (Wildman–Crippen MR) is 125 cm³/mol. The minimum absolute atomic E-state index is 0.419. The first-order valence-corrected chi connectivity index (χ1v) is 10.6. The minimum Gasteiger partial charge on any atom is -0.494 e. The molecule has 0 unspecified atom stereocenters. The third-order valence-corrected chi connectivity index (χ3v) is 5.15. The van der Waals surface area contributed by atoms with E-state index in [1.54, 1.807) is 12.1 Å². The second-order valence-corrected chi connectivity index (χ2v) is 7.92. The van der Waals surface area contributed by atoms with Gasteiger partial charge in [-0.2, -0.15) is 0 Å². The third kappa shape index (κ3) is 6.67. The van der Waals surface area contributed by atoms with Crippen molar-refractivity contribution in [3.05, 3.63) is 84.4 Å². The van der Waals surface area contributed by atoms with Crippen LogP contribution in [-0.4, -0.2) is 29.8 Å². The van der Waals surface area contributed by atoms with Crippen LogP contribution >= 0.6 is 0 Å². The highest BCUT2D eigenvalue weighted by Gasteiger charge is 2.27. The van der Waals surface area contributed by atoms with Crippen molar-refractivity contribution in [3.8, 4) is 16.9 Å². The van der Waals surface area contributed by atoms with E-state index in [0.29, 0.717) is 12.3 Å². The number of ether oxygens (including phenoxy) is 1. The molecule has 3 aromatic rings. The lowest BCUT2D eigenvalue weighted by atomic mass is 10.0. The van der Waals surface area contributed by atoms with E-state index in [2.05, 4.69) is 53.8 Å². The fourth-order valence-corrected chi connectivity index (χ4v) is 3.10. The van der Waals surface area contributed by atoms with Gasteiger partial charge in [-0.3, -0.25) is 4.79 Å². The Morgan fingerprint density at radius 3 is 2.23 bits per heavy atom. The van der Waals surface area contributed by atoms with Gasteiger partial charge in [0.05, 0.1) is 13.2 Å². The summed E-state index contributed by atoms with van der Waals surface area (Å²) < 4.78 is 5.79. The van der Waals surface area contributed by atoms with Crippen LogP contribution in [0.5, 0.6) is 5.75 Å². The molecular formula is C26H30N2O3. The number of aliphatic hydroxyl groups excluding tert-OH is 1. The summed E-state index contributed by atoms with van der Waals surface area (Å²) in [5.74, 6) is 0.323. The molecule has 0 heterocycles. The van der Waals surface area contributed by atoms with E-state index in [1.165, 1.54) is 23.6 Å². The van der Waals surface area contributed by atoms with Gasteiger partial charge in [-0.15, -0.1) is 0 Å². The van der Waals surface area contributed by atoms with Gasteiger partial charge in [0.1, 0.15) is 11.3 Å². The number of amides is 1. The smallest absolute Gasteiger partial charge is 0.246 e. The van der Waals surface area contributed by atoms with E-state index in [0.717, 1.165) is 25.0 Å². The Kier molecular flexibility index (Phi) is 7.82. The Bertz CT molecular complexity index is 952. The first-order valence-electron chi connectivity index (χ1n) is 10.6. The normalized spacial score (nSPS) is 12.7. The molecule has 3 rings (SSSR count). The fraction of sp³-hybridized carbons (Fsp3) is 0.269. The molecule has 1 amide bonds. The van der Waals surface area contributed by atoms with Gasteiger partial charge in [-0.25, -0.2) is 0 Å². The first kappa shape index (κ1) is 22.5. The number of carbonyl (C=O) groups is 1. The summed E-state index contributed by atoms with van der Waals surface area (Å²) in [6.45, 7) is 1.70. The lowest BCUT2D eigenvalue weighted by Gasteiger charge is -2.20. The van der Waals surface area contributed by atoms with Crippen LogP contribution < -0.4 is 15.8 Å². The van der Waals surface area contributed by atoms with Crippen LogP contribution in [0.3, 0.4) is 0 Å². The molecule has 0 fully saturated rings. The molecule has 31 heavy (non-hydrogen) atoms. The summed E-state index contributed by atoms with van der Waals surface area (Å²) in [7, 11) is 0. The number of hydrogen-bond acceptors (Lipinski definition) is 4. The molecule has 0 radical (unpaired) electrons. The minimum atomic E-state index is -1.31. The number of nitrogens with one attached hydrogen (secondary N) is 1. The van der Waals surface area contributed by atoms with E-state index in [9.17, 15) is 4.79 Å². The highest BCUT2D eigenvalue weighted by molar-refractivity contribution is 5.97. The Hall–Kier alpha value is -3.15. The molecule has 0 saturated heterocycles. The lowest BCUT2D eigenvalue weighted by Crippen LogP contribution is -2.51. The second kappa shape index (κ2) is 10.8. The van der Waals surface area contributed by atoms with Crippen molar-refractivity contribution in [2.75, 3.05) is 18.5 Å². The molecule has 5 nitrogen and oxygen atoms in total. The zero-order valence-corrected chi connectivity index (χ0v) is 17.9. The second-order valence-electron chi connectivity index (χ2n) is 7.92. The van der Waals surface area contributed by atoms with E-state index in [-0.39, 0.29) is 0 Å². The van der Waals surface area contributed by atoms with Crippen LogP contribution in [0.25, 0.3) is 11.1 Å². The highest BCUT2D eigenvalue weighted by Crippen LogP contribution is 2.20. The van der Waals surface area contributed by atoms with E-state index >= 15 is 0 Å². The summed E-state index contributed by atoms with van der Waals surface area (Å²) in [5, 5.41) is 11.8. The quantitative estimate of drug-likeness (QED) is 0.426. The van der Waals surface area contributed by atoms with Gasteiger partial charge >= 0.3 is 0 Å². The maximum absolute atomic E-state index is 12.0. The maximum Gasteiger partial charge on any atom is 0.246 e. The standard InChI is InChI=1S/C26H30N2O3/c1-26(27,19-29)25(30)28-23-14-16-24(17-15-23)31-18-6-5-7-20-10-12-22(13-11-20)21-8-3-2-4-9-21/h2-4,8-17,29H,5-7,18-19,27H2,1H3,(H,28,30)/t26-/m0/s1. The largest absolute Gasteiger partial charge is 0.494 e. The van der Waals surface area contributed by atoms with Gasteiger partial charge in [0.15, 0.2) is 0 Å². The van der Waals surface area contributed by atoms with Gasteiger partial charge in [0.25, 0.3) is 0 Å². The Morgan fingerprint density at radius 2 is 1.58 bits per heavy atom. The number of unbranched alkanes of at least 4 members (excludes halogenated alkanes) is 1. The van der Waals surface area contributed by atoms with Gasteiger partial charge in [-0.1, -0.05) is 54.6 Å². The number of carbonyl (C=O) groups excluding carboxylic acids is 1. The summed E-state index contributed by atoms with van der Waals surface area (Å²) in [4.78, 5) is 12.0. The number of aryl methyl sites for hydroxylation is 1. The van der Waals surface area contributed by atoms with Crippen LogP contribution in [0.15, 0.2) is 78.9 Å². The third-order valence-electron chi connectivity index (χ3n) is 5.15. The van der Waals surface area contributed by atoms with Crippen LogP contribution in [0.4, 0.5) is 5.69 Å². The average Bonchev–Trinajstić information content (AvgIpc) is 2.81. The van der Waals surface area contributed by atoms with Crippen molar-refractivity contribution in [1.82, 2.24) is 0 Å². The highest BCUT2D eigenvalue weighted by atomic mass is 16.5. The van der Waals surface area contributed by atoms with Crippen molar-refractivity contribution < 1.29 is 14.6 Å². The van der Waals surface area contributed by atoms with Crippen LogP contribution in [0, 0.1) is 0 Å². The monoisotopic (exact) mass is 418 g/mol. The Morgan fingerprint density at radius 1 is 0.935 bits per heavy atom. The molecule has 162 valence electrons. The fourth-order valence-electron chi connectivity index (χ4n) is 3.10. The summed E-state index contributed by atoms with van der Waals surface area (Å²) in [5.41, 5.74) is 8.82. The number of rotatable bonds is 10. The molecule has 5 heteroatoms. The van der Waals surface area contributed by atoms with E-state index in [1.807, 2.05) is 18.2 Å². The molecule has 0 aliphatic carbocycles. The van der Waals surface area contributed by atoms with Gasteiger partial charge < -0.3 is 20.9 Å². The first-order chi connectivity index (χ1) is 15.0. The SMILES string of the molecule is C[C@](N)(CO)C(=O)Nc1ccc(OCCCCc2ccc(-c3ccccc3)cc2)cc1. The number of benzene rings is 3. The molecule has 4 N–H and O–H groups in total. The Balaban J connectivity index is 1.38. The van der Waals surface area contributed by atoms with Crippen LogP contribution in [0.1, 0.15) is 25.3 Å². The van der Waals surface area contributed by atoms with E-state index in [4.69, 9.17) is 15.6 Å². The van der Waals surface area contributed by atoms with Crippen molar-refractivity contribution in [2.45, 2.75) is 31.7 Å². The summed E-state index contributed by atoms with van der Waals surface area (Å²) in [6, 6.07) is 26.3. The molecule has 0 aromatic heterocycles. The molecular weight excluding hydrogens is 388 g/mol. The molecule has 0 saturated carbocycles. The number of anilines is 1.